The molecular weight excluding hydrogens is 563 g/mol. The van der Waals surface area contributed by atoms with E-state index in [4.69, 9.17) is 28.1 Å². The number of non-ortho nitro benzene ring substituents is 2. The summed E-state index contributed by atoms with van der Waals surface area (Å²) in [6, 6.07) is 11.8. The first-order valence-corrected chi connectivity index (χ1v) is 11.8. The maximum atomic E-state index is 10.5. The van der Waals surface area contributed by atoms with Crippen LogP contribution in [0.4, 0.5) is 11.4 Å². The van der Waals surface area contributed by atoms with Crippen molar-refractivity contribution in [2.45, 2.75) is 0 Å². The molecule has 2 aromatic carbocycles. The number of rotatable bonds is 4. The standard InChI is InChI=1S/2C9H6N2O3S2.O.V/c2*12-10-8(5-16-9(10)15)6-1-3-7(4-2-6)11(13)14;;/h2*1-5,12H;;. The van der Waals surface area contributed by atoms with E-state index in [1.807, 2.05) is 0 Å². The molecule has 0 spiro atoms. The topological polar surface area (TPSA) is 154 Å². The van der Waals surface area contributed by atoms with E-state index in [1.165, 1.54) is 46.9 Å². The van der Waals surface area contributed by atoms with Gasteiger partial charge in [-0.1, -0.05) is 0 Å². The molecule has 16 heteroatoms. The third kappa shape index (κ3) is 6.50. The number of benzene rings is 2. The van der Waals surface area contributed by atoms with E-state index in [9.17, 15) is 30.6 Å². The molecule has 0 radical (unpaired) electrons. The van der Waals surface area contributed by atoms with Gasteiger partial charge in [-0.25, -0.2) is 0 Å². The molecule has 0 saturated heterocycles. The van der Waals surface area contributed by atoms with E-state index in [-0.39, 0.29) is 11.4 Å². The summed E-state index contributed by atoms with van der Waals surface area (Å²) in [5, 5.41) is 43.4. The molecule has 0 amide bonds. The molecule has 0 atom stereocenters. The first-order chi connectivity index (χ1) is 16.2. The Morgan fingerprint density at radius 2 is 1.00 bits per heavy atom. The van der Waals surface area contributed by atoms with Crippen LogP contribution in [0, 0.1) is 28.1 Å². The molecule has 0 saturated carbocycles. The number of hydrogen-bond acceptors (Lipinski definition) is 11. The third-order valence-corrected chi connectivity index (χ3v) is 6.45. The van der Waals surface area contributed by atoms with Crippen LogP contribution in [0.2, 0.25) is 0 Å². The molecule has 2 aromatic heterocycles. The van der Waals surface area contributed by atoms with Gasteiger partial charge in [0.05, 0.1) is 21.2 Å². The van der Waals surface area contributed by atoms with Crippen LogP contribution in [0.15, 0.2) is 59.3 Å². The second-order valence-corrected chi connectivity index (χ2v) is 9.01. The van der Waals surface area contributed by atoms with Crippen LogP contribution in [0.1, 0.15) is 0 Å². The van der Waals surface area contributed by atoms with Gasteiger partial charge in [0, 0.05) is 46.2 Å². The van der Waals surface area contributed by atoms with Crippen molar-refractivity contribution in [3.05, 3.63) is 87.4 Å². The Morgan fingerprint density at radius 1 is 0.706 bits per heavy atom. The molecule has 0 fully saturated rings. The van der Waals surface area contributed by atoms with Gasteiger partial charge in [0.1, 0.15) is 0 Å². The molecule has 175 valence electrons. The van der Waals surface area contributed by atoms with Crippen LogP contribution in [-0.2, 0) is 21.0 Å². The molecule has 0 bridgehead atoms. The molecule has 0 aliphatic heterocycles. The van der Waals surface area contributed by atoms with Crippen LogP contribution < -0.4 is 0 Å². The second kappa shape index (κ2) is 12.4. The fourth-order valence-corrected chi connectivity index (χ4v) is 4.28. The van der Waals surface area contributed by atoms with Gasteiger partial charge < -0.3 is 10.4 Å². The number of nitrogens with zero attached hydrogens (tertiary/aromatic N) is 4. The average molecular weight is 576 g/mol. The number of nitro benzene ring substituents is 2. The summed E-state index contributed by atoms with van der Waals surface area (Å²) in [6.45, 7) is 0. The first-order valence-electron chi connectivity index (χ1n) is 8.66. The molecule has 4 rings (SSSR count). The van der Waals surface area contributed by atoms with Gasteiger partial charge in [-0.3, -0.25) is 20.2 Å². The van der Waals surface area contributed by atoms with Gasteiger partial charge in [0.25, 0.3) is 11.4 Å². The number of thiazole rings is 2. The quantitative estimate of drug-likeness (QED) is 0.128. The molecule has 34 heavy (non-hydrogen) atoms. The maximum absolute atomic E-state index is 10.5. The monoisotopic (exact) mass is 575 g/mol. The van der Waals surface area contributed by atoms with Crippen LogP contribution in [-0.4, -0.2) is 29.7 Å². The van der Waals surface area contributed by atoms with E-state index in [1.54, 1.807) is 35.0 Å². The summed E-state index contributed by atoms with van der Waals surface area (Å²) in [6.07, 6.45) is 0. The number of hydrogen-bond donors (Lipinski definition) is 2. The summed E-state index contributed by atoms with van der Waals surface area (Å²) in [7, 11) is 0. The molecule has 11 nitrogen and oxygen atoms in total. The van der Waals surface area contributed by atoms with Gasteiger partial charge in [0.2, 0.25) is 0 Å². The number of aromatic nitrogens is 2. The van der Waals surface area contributed by atoms with Crippen molar-refractivity contribution in [2.24, 2.45) is 0 Å². The second-order valence-electron chi connectivity index (χ2n) is 6.01. The van der Waals surface area contributed by atoms with Gasteiger partial charge in [-0.2, -0.15) is 9.46 Å². The normalized spacial score (nSPS) is 9.74. The number of nitro groups is 2. The molecule has 4 aromatic rings. The zero-order valence-electron chi connectivity index (χ0n) is 16.6. The summed E-state index contributed by atoms with van der Waals surface area (Å²) in [5.74, 6) is 0. The van der Waals surface area contributed by atoms with E-state index < -0.39 is 9.85 Å². The molecule has 0 aliphatic rings. The fraction of sp³-hybridized carbons (Fsp3) is 0. The van der Waals surface area contributed by atoms with Crippen LogP contribution in [0.25, 0.3) is 22.5 Å². The Balaban J connectivity index is 0.000000224. The van der Waals surface area contributed by atoms with Crippen molar-refractivity contribution in [3.8, 4) is 22.5 Å². The molecule has 0 unspecified atom stereocenters. The Morgan fingerprint density at radius 3 is 1.21 bits per heavy atom. The Kier molecular flexibility index (Phi) is 9.91. The van der Waals surface area contributed by atoms with Crippen LogP contribution in [0.5, 0.6) is 0 Å². The zero-order chi connectivity index (χ0) is 25.4. The molecule has 2 N–H and O–H groups in total. The molecule has 2 heterocycles. The average Bonchev–Trinajstić information content (AvgIpc) is 3.36. The summed E-state index contributed by atoms with van der Waals surface area (Å²) in [5.41, 5.74) is 2.46. The van der Waals surface area contributed by atoms with Gasteiger partial charge in [-0.05, 0) is 48.7 Å². The predicted molar refractivity (Wildman–Crippen MR) is 126 cm³/mol. The summed E-state index contributed by atoms with van der Waals surface area (Å²) < 4.78 is 10.6. The summed E-state index contributed by atoms with van der Waals surface area (Å²) in [4.78, 5) is 20.0. The predicted octanol–water partition coefficient (Wildman–Crippen LogP) is 6.06. The minimum absolute atomic E-state index is 0.0158. The Bertz CT molecular complexity index is 1300. The molecule has 0 aliphatic carbocycles. The van der Waals surface area contributed by atoms with Crippen molar-refractivity contribution >= 4 is 58.5 Å². The van der Waals surface area contributed by atoms with E-state index >= 15 is 0 Å². The summed E-state index contributed by atoms with van der Waals surface area (Å²) >= 11 is 13.3. The SMILES string of the molecule is O=[N+]([O-])c1ccc(-c2csc(=S)n2O)cc1.O=[N+]([O-])c1ccc(-c2csc(=S)n2O)cc1.[O]=[V]. The van der Waals surface area contributed by atoms with Crippen LogP contribution in [0.3, 0.4) is 0 Å². The Hall–Kier alpha value is -3.08. The van der Waals surface area contributed by atoms with Crippen LogP contribution >= 0.6 is 47.1 Å². The van der Waals surface area contributed by atoms with Gasteiger partial charge in [0.15, 0.2) is 7.91 Å². The van der Waals surface area contributed by atoms with Gasteiger partial charge in [-0.15, -0.1) is 22.7 Å². The van der Waals surface area contributed by atoms with Crippen molar-refractivity contribution in [1.82, 2.24) is 9.46 Å². The minimum atomic E-state index is -0.469. The van der Waals surface area contributed by atoms with Crippen molar-refractivity contribution in [1.29, 1.82) is 0 Å². The third-order valence-electron chi connectivity index (χ3n) is 4.09. The zero-order valence-corrected chi connectivity index (χ0v) is 21.2. The fourth-order valence-electron chi connectivity index (χ4n) is 2.50. The van der Waals surface area contributed by atoms with Crippen molar-refractivity contribution in [2.75, 3.05) is 0 Å². The molecular formula is C18H12N4O7S4V. The first kappa shape index (κ1) is 27.2. The van der Waals surface area contributed by atoms with Gasteiger partial charge >= 0.3 is 21.0 Å². The van der Waals surface area contributed by atoms with E-state index in [0.29, 0.717) is 30.4 Å². The Labute approximate surface area is 218 Å². The van der Waals surface area contributed by atoms with E-state index in [2.05, 4.69) is 0 Å². The van der Waals surface area contributed by atoms with E-state index in [0.717, 1.165) is 26.8 Å². The van der Waals surface area contributed by atoms with Crippen molar-refractivity contribution in [3.63, 3.8) is 0 Å². The van der Waals surface area contributed by atoms with Crippen molar-refractivity contribution < 1.29 is 41.3 Å².